The molecule has 2 rings (SSSR count). The van der Waals surface area contributed by atoms with Gasteiger partial charge in [0.05, 0.1) is 0 Å². The standard InChI is InChI=1S/C11H11ClO/c12-11-3-1-2-9-5-4-8(7-13)6-10(9)11/h1-3,7-8H,4-6H2. The van der Waals surface area contributed by atoms with E-state index in [9.17, 15) is 4.79 Å². The summed E-state index contributed by atoms with van der Waals surface area (Å²) in [6, 6.07) is 5.97. The smallest absolute Gasteiger partial charge is 0.123 e. The van der Waals surface area contributed by atoms with Crippen molar-refractivity contribution < 1.29 is 4.79 Å². The summed E-state index contributed by atoms with van der Waals surface area (Å²) in [6.07, 6.45) is 3.82. The van der Waals surface area contributed by atoms with E-state index in [0.29, 0.717) is 0 Å². The molecule has 0 saturated carbocycles. The Morgan fingerprint density at radius 1 is 1.46 bits per heavy atom. The van der Waals surface area contributed by atoms with E-state index in [1.165, 1.54) is 11.1 Å². The zero-order valence-corrected chi connectivity index (χ0v) is 8.05. The molecule has 0 saturated heterocycles. The van der Waals surface area contributed by atoms with Gasteiger partial charge >= 0.3 is 0 Å². The Morgan fingerprint density at radius 3 is 3.08 bits per heavy atom. The van der Waals surface area contributed by atoms with Crippen LogP contribution in [0.15, 0.2) is 18.2 Å². The molecule has 1 aliphatic rings. The molecule has 0 bridgehead atoms. The molecule has 1 nitrogen and oxygen atoms in total. The van der Waals surface area contributed by atoms with Crippen LogP contribution in [0.4, 0.5) is 0 Å². The molecular weight excluding hydrogens is 184 g/mol. The highest BCUT2D eigenvalue weighted by Crippen LogP contribution is 2.29. The molecule has 1 aromatic rings. The number of hydrogen-bond acceptors (Lipinski definition) is 1. The minimum absolute atomic E-state index is 0.174. The van der Waals surface area contributed by atoms with Gasteiger partial charge < -0.3 is 4.79 Å². The summed E-state index contributed by atoms with van der Waals surface area (Å²) in [5.41, 5.74) is 2.48. The predicted molar refractivity (Wildman–Crippen MR) is 53.0 cm³/mol. The first-order valence-electron chi connectivity index (χ1n) is 4.53. The van der Waals surface area contributed by atoms with E-state index < -0.39 is 0 Å². The van der Waals surface area contributed by atoms with E-state index in [1.54, 1.807) is 0 Å². The minimum atomic E-state index is 0.174. The molecule has 1 atom stereocenters. The van der Waals surface area contributed by atoms with Crippen LogP contribution in [0.5, 0.6) is 0 Å². The second-order valence-electron chi connectivity index (χ2n) is 3.52. The van der Waals surface area contributed by atoms with Crippen molar-refractivity contribution in [3.05, 3.63) is 34.3 Å². The molecule has 0 amide bonds. The lowest BCUT2D eigenvalue weighted by atomic mass is 9.85. The summed E-state index contributed by atoms with van der Waals surface area (Å²) in [7, 11) is 0. The molecule has 0 aromatic heterocycles. The van der Waals surface area contributed by atoms with Crippen LogP contribution in [0, 0.1) is 5.92 Å². The molecule has 0 fully saturated rings. The van der Waals surface area contributed by atoms with Crippen LogP contribution < -0.4 is 0 Å². The largest absolute Gasteiger partial charge is 0.303 e. The van der Waals surface area contributed by atoms with Crippen LogP contribution in [0.25, 0.3) is 0 Å². The lowest BCUT2D eigenvalue weighted by Gasteiger charge is -2.21. The van der Waals surface area contributed by atoms with E-state index in [4.69, 9.17) is 11.6 Å². The maximum Gasteiger partial charge on any atom is 0.123 e. The Labute approximate surface area is 82.7 Å². The predicted octanol–water partition coefficient (Wildman–Crippen LogP) is 2.64. The number of carbonyl (C=O) groups excluding carboxylic acids is 1. The summed E-state index contributed by atoms with van der Waals surface area (Å²) in [5.74, 6) is 0.174. The van der Waals surface area contributed by atoms with Crippen molar-refractivity contribution in [1.82, 2.24) is 0 Å². The summed E-state index contributed by atoms with van der Waals surface area (Å²) in [5, 5.41) is 0.809. The molecule has 0 heterocycles. The van der Waals surface area contributed by atoms with Crippen LogP contribution in [0.3, 0.4) is 0 Å². The van der Waals surface area contributed by atoms with E-state index in [0.717, 1.165) is 30.6 Å². The molecule has 68 valence electrons. The van der Waals surface area contributed by atoms with Crippen molar-refractivity contribution in [2.75, 3.05) is 0 Å². The minimum Gasteiger partial charge on any atom is -0.303 e. The Kier molecular flexibility index (Phi) is 2.36. The number of halogens is 1. The Morgan fingerprint density at radius 2 is 2.31 bits per heavy atom. The highest BCUT2D eigenvalue weighted by molar-refractivity contribution is 6.31. The third-order valence-electron chi connectivity index (χ3n) is 2.66. The van der Waals surface area contributed by atoms with Gasteiger partial charge in [-0.2, -0.15) is 0 Å². The number of benzene rings is 1. The van der Waals surface area contributed by atoms with Crippen LogP contribution in [0.1, 0.15) is 17.5 Å². The fourth-order valence-electron chi connectivity index (χ4n) is 1.89. The van der Waals surface area contributed by atoms with Crippen molar-refractivity contribution in [3.63, 3.8) is 0 Å². The average molecular weight is 195 g/mol. The molecule has 1 aliphatic carbocycles. The van der Waals surface area contributed by atoms with Gasteiger partial charge in [0.2, 0.25) is 0 Å². The molecule has 1 unspecified atom stereocenters. The number of rotatable bonds is 1. The highest BCUT2D eigenvalue weighted by Gasteiger charge is 2.19. The van der Waals surface area contributed by atoms with Gasteiger partial charge in [-0.3, -0.25) is 0 Å². The van der Waals surface area contributed by atoms with Crippen molar-refractivity contribution in [2.24, 2.45) is 5.92 Å². The van der Waals surface area contributed by atoms with Crippen molar-refractivity contribution >= 4 is 17.9 Å². The second kappa shape index (κ2) is 3.51. The average Bonchev–Trinajstić information content (AvgIpc) is 2.18. The summed E-state index contributed by atoms with van der Waals surface area (Å²) in [4.78, 5) is 10.6. The topological polar surface area (TPSA) is 17.1 Å². The van der Waals surface area contributed by atoms with Gasteiger partial charge in [-0.1, -0.05) is 23.7 Å². The van der Waals surface area contributed by atoms with Crippen molar-refractivity contribution in [2.45, 2.75) is 19.3 Å². The van der Waals surface area contributed by atoms with Crippen LogP contribution in [-0.2, 0) is 17.6 Å². The molecule has 2 heteroatoms. The first-order valence-corrected chi connectivity index (χ1v) is 4.90. The second-order valence-corrected chi connectivity index (χ2v) is 3.92. The zero-order valence-electron chi connectivity index (χ0n) is 7.29. The summed E-state index contributed by atoms with van der Waals surface area (Å²) >= 11 is 6.05. The van der Waals surface area contributed by atoms with Gasteiger partial charge in [0.25, 0.3) is 0 Å². The van der Waals surface area contributed by atoms with Crippen LogP contribution >= 0.6 is 11.6 Å². The van der Waals surface area contributed by atoms with E-state index in [-0.39, 0.29) is 5.92 Å². The first kappa shape index (κ1) is 8.76. The number of aryl methyl sites for hydroxylation is 1. The lowest BCUT2D eigenvalue weighted by molar-refractivity contribution is -0.111. The molecule has 0 radical (unpaired) electrons. The maximum atomic E-state index is 10.6. The lowest BCUT2D eigenvalue weighted by Crippen LogP contribution is -2.15. The van der Waals surface area contributed by atoms with E-state index >= 15 is 0 Å². The third-order valence-corrected chi connectivity index (χ3v) is 3.01. The van der Waals surface area contributed by atoms with Crippen LogP contribution in [-0.4, -0.2) is 6.29 Å². The van der Waals surface area contributed by atoms with Gasteiger partial charge in [-0.05, 0) is 36.5 Å². The molecule has 0 spiro atoms. The number of hydrogen-bond donors (Lipinski definition) is 0. The maximum absolute atomic E-state index is 10.6. The Balaban J connectivity index is 2.37. The Hall–Kier alpha value is -0.820. The Bertz CT molecular complexity index is 333. The fraction of sp³-hybridized carbons (Fsp3) is 0.364. The number of carbonyl (C=O) groups is 1. The third kappa shape index (κ3) is 1.61. The molecule has 0 N–H and O–H groups in total. The number of fused-ring (bicyclic) bond motifs is 1. The summed E-state index contributed by atoms with van der Waals surface area (Å²) < 4.78 is 0. The van der Waals surface area contributed by atoms with E-state index in [2.05, 4.69) is 6.07 Å². The summed E-state index contributed by atoms with van der Waals surface area (Å²) in [6.45, 7) is 0. The van der Waals surface area contributed by atoms with Gasteiger partial charge in [-0.15, -0.1) is 0 Å². The molecular formula is C11H11ClO. The van der Waals surface area contributed by atoms with Crippen molar-refractivity contribution in [1.29, 1.82) is 0 Å². The quantitative estimate of drug-likeness (QED) is 0.629. The van der Waals surface area contributed by atoms with Crippen molar-refractivity contribution in [3.8, 4) is 0 Å². The normalized spacial score (nSPS) is 20.8. The van der Waals surface area contributed by atoms with Crippen LogP contribution in [0.2, 0.25) is 5.02 Å². The SMILES string of the molecule is O=CC1CCc2cccc(Cl)c2C1. The fourth-order valence-corrected chi connectivity index (χ4v) is 2.16. The monoisotopic (exact) mass is 194 g/mol. The zero-order chi connectivity index (χ0) is 9.26. The van der Waals surface area contributed by atoms with Gasteiger partial charge in [0.15, 0.2) is 0 Å². The van der Waals surface area contributed by atoms with Gasteiger partial charge in [0, 0.05) is 10.9 Å². The van der Waals surface area contributed by atoms with Gasteiger partial charge in [-0.25, -0.2) is 0 Å². The number of aldehydes is 1. The highest BCUT2D eigenvalue weighted by atomic mass is 35.5. The molecule has 13 heavy (non-hydrogen) atoms. The van der Waals surface area contributed by atoms with Gasteiger partial charge in [0.1, 0.15) is 6.29 Å². The molecule has 1 aromatic carbocycles. The molecule has 0 aliphatic heterocycles. The van der Waals surface area contributed by atoms with E-state index in [1.807, 2.05) is 12.1 Å². The first-order chi connectivity index (χ1) is 6.31.